The molecule has 1 atom stereocenters. The lowest BCUT2D eigenvalue weighted by Gasteiger charge is -2.31. The zero-order valence-electron chi connectivity index (χ0n) is 16.2. The van der Waals surface area contributed by atoms with Crippen LogP contribution in [0.4, 0.5) is 4.39 Å². The van der Waals surface area contributed by atoms with Gasteiger partial charge in [-0.15, -0.1) is 0 Å². The van der Waals surface area contributed by atoms with E-state index >= 15 is 0 Å². The molecular formula is C20H27FN4O. The number of aryl methyl sites for hydroxylation is 2. The van der Waals surface area contributed by atoms with Crippen molar-refractivity contribution >= 4 is 5.91 Å². The SMILES string of the molecule is Cc1nn(C)c(C)c1CN(C(=O)[C@@H](c1ccccc1F)N(C)C)C1CC1. The molecule has 0 saturated heterocycles. The zero-order chi connectivity index (χ0) is 19.0. The van der Waals surface area contributed by atoms with Crippen molar-refractivity contribution in [3.8, 4) is 0 Å². The van der Waals surface area contributed by atoms with E-state index in [9.17, 15) is 9.18 Å². The van der Waals surface area contributed by atoms with E-state index in [4.69, 9.17) is 0 Å². The first-order valence-electron chi connectivity index (χ1n) is 9.01. The van der Waals surface area contributed by atoms with Gasteiger partial charge in [-0.2, -0.15) is 5.10 Å². The molecule has 1 aromatic heterocycles. The summed E-state index contributed by atoms with van der Waals surface area (Å²) in [5.74, 6) is -0.394. The average molecular weight is 358 g/mol. The van der Waals surface area contributed by atoms with Gasteiger partial charge in [0.15, 0.2) is 0 Å². The number of amides is 1. The van der Waals surface area contributed by atoms with Crippen LogP contribution in [-0.2, 0) is 18.4 Å². The Balaban J connectivity index is 1.94. The van der Waals surface area contributed by atoms with Crippen LogP contribution in [0.5, 0.6) is 0 Å². The second-order valence-electron chi connectivity index (χ2n) is 7.36. The number of aromatic nitrogens is 2. The van der Waals surface area contributed by atoms with E-state index in [2.05, 4.69) is 5.10 Å². The molecule has 5 nitrogen and oxygen atoms in total. The second kappa shape index (κ2) is 7.19. The number of carbonyl (C=O) groups is 1. The molecule has 140 valence electrons. The molecule has 1 aliphatic rings. The molecule has 0 radical (unpaired) electrons. The van der Waals surface area contributed by atoms with Gasteiger partial charge in [-0.05, 0) is 46.9 Å². The van der Waals surface area contributed by atoms with E-state index < -0.39 is 6.04 Å². The van der Waals surface area contributed by atoms with Crippen LogP contribution in [0, 0.1) is 19.7 Å². The highest BCUT2D eigenvalue weighted by Crippen LogP contribution is 2.34. The summed E-state index contributed by atoms with van der Waals surface area (Å²) >= 11 is 0. The van der Waals surface area contributed by atoms with Gasteiger partial charge in [-0.1, -0.05) is 18.2 Å². The van der Waals surface area contributed by atoms with Crippen LogP contribution in [0.25, 0.3) is 0 Å². The first kappa shape index (κ1) is 18.6. The lowest BCUT2D eigenvalue weighted by atomic mass is 10.0. The van der Waals surface area contributed by atoms with Gasteiger partial charge in [-0.25, -0.2) is 4.39 Å². The fourth-order valence-electron chi connectivity index (χ4n) is 3.48. The number of carbonyl (C=O) groups excluding carboxylic acids is 1. The molecule has 1 aromatic carbocycles. The topological polar surface area (TPSA) is 41.4 Å². The molecule has 1 amide bonds. The van der Waals surface area contributed by atoms with Gasteiger partial charge in [0.25, 0.3) is 0 Å². The normalized spacial score (nSPS) is 15.3. The van der Waals surface area contributed by atoms with E-state index in [1.807, 2.05) is 44.6 Å². The van der Waals surface area contributed by atoms with Crippen LogP contribution >= 0.6 is 0 Å². The molecular weight excluding hydrogens is 331 g/mol. The number of hydrogen-bond donors (Lipinski definition) is 0. The van der Waals surface area contributed by atoms with Crippen LogP contribution in [0.15, 0.2) is 24.3 Å². The van der Waals surface area contributed by atoms with Gasteiger partial charge in [0, 0.05) is 36.5 Å². The fourth-order valence-corrected chi connectivity index (χ4v) is 3.48. The summed E-state index contributed by atoms with van der Waals surface area (Å²) < 4.78 is 16.2. The highest BCUT2D eigenvalue weighted by Gasteiger charge is 2.38. The lowest BCUT2D eigenvalue weighted by Crippen LogP contribution is -2.42. The third-order valence-electron chi connectivity index (χ3n) is 5.21. The molecule has 2 aromatic rings. The lowest BCUT2D eigenvalue weighted by molar-refractivity contribution is -0.137. The van der Waals surface area contributed by atoms with Crippen LogP contribution in [0.1, 0.15) is 41.4 Å². The first-order valence-corrected chi connectivity index (χ1v) is 9.01. The summed E-state index contributed by atoms with van der Waals surface area (Å²) in [5, 5.41) is 4.46. The van der Waals surface area contributed by atoms with E-state index in [1.54, 1.807) is 23.1 Å². The summed E-state index contributed by atoms with van der Waals surface area (Å²) in [7, 11) is 5.55. The van der Waals surface area contributed by atoms with Crippen LogP contribution in [0.3, 0.4) is 0 Å². The Morgan fingerprint density at radius 3 is 2.46 bits per heavy atom. The van der Waals surface area contributed by atoms with Gasteiger partial charge < -0.3 is 4.90 Å². The van der Waals surface area contributed by atoms with Crippen molar-refractivity contribution in [2.45, 2.75) is 45.3 Å². The Bertz CT molecular complexity index is 810. The van der Waals surface area contributed by atoms with Crippen molar-refractivity contribution in [2.24, 2.45) is 7.05 Å². The predicted molar refractivity (Wildman–Crippen MR) is 99.1 cm³/mol. The maximum Gasteiger partial charge on any atom is 0.245 e. The van der Waals surface area contributed by atoms with Crippen molar-refractivity contribution < 1.29 is 9.18 Å². The molecule has 26 heavy (non-hydrogen) atoms. The summed E-state index contributed by atoms with van der Waals surface area (Å²) in [6.07, 6.45) is 2.00. The molecule has 0 aliphatic heterocycles. The zero-order valence-corrected chi connectivity index (χ0v) is 16.2. The molecule has 1 heterocycles. The van der Waals surface area contributed by atoms with Crippen LogP contribution < -0.4 is 0 Å². The van der Waals surface area contributed by atoms with Crippen molar-refractivity contribution in [3.63, 3.8) is 0 Å². The molecule has 1 aliphatic carbocycles. The number of nitrogens with zero attached hydrogens (tertiary/aromatic N) is 4. The van der Waals surface area contributed by atoms with Gasteiger partial charge >= 0.3 is 0 Å². The molecule has 3 rings (SSSR count). The summed E-state index contributed by atoms with van der Waals surface area (Å²) in [6, 6.07) is 6.14. The van der Waals surface area contributed by atoms with Crippen molar-refractivity contribution in [1.29, 1.82) is 0 Å². The smallest absolute Gasteiger partial charge is 0.245 e. The van der Waals surface area contributed by atoms with Gasteiger partial charge in [0.1, 0.15) is 11.9 Å². The Morgan fingerprint density at radius 2 is 1.96 bits per heavy atom. The van der Waals surface area contributed by atoms with E-state index in [-0.39, 0.29) is 17.8 Å². The standard InChI is InChI=1S/C20H27FN4O/c1-13-17(14(2)24(5)22-13)12-25(15-10-11-15)20(26)19(23(3)4)16-8-6-7-9-18(16)21/h6-9,15,19H,10-12H2,1-5H3/t19-/m1/s1. The maximum atomic E-state index is 14.4. The average Bonchev–Trinajstić information content (AvgIpc) is 3.37. The minimum absolute atomic E-state index is 0.0507. The third-order valence-corrected chi connectivity index (χ3v) is 5.21. The number of halogens is 1. The van der Waals surface area contributed by atoms with Gasteiger partial charge in [-0.3, -0.25) is 14.4 Å². The molecule has 0 unspecified atom stereocenters. The predicted octanol–water partition coefficient (Wildman–Crippen LogP) is 2.97. The summed E-state index contributed by atoms with van der Waals surface area (Å²) in [5.41, 5.74) is 3.51. The number of likely N-dealkylation sites (N-methyl/N-ethyl adjacent to an activating group) is 1. The Labute approximate surface area is 154 Å². The number of hydrogen-bond acceptors (Lipinski definition) is 3. The van der Waals surface area contributed by atoms with Crippen LogP contribution in [-0.4, -0.2) is 45.6 Å². The minimum atomic E-state index is -0.630. The van der Waals surface area contributed by atoms with E-state index in [0.29, 0.717) is 12.1 Å². The number of rotatable bonds is 6. The van der Waals surface area contributed by atoms with E-state index in [0.717, 1.165) is 29.8 Å². The molecule has 0 N–H and O–H groups in total. The minimum Gasteiger partial charge on any atom is -0.334 e. The fraction of sp³-hybridized carbons (Fsp3) is 0.500. The Kier molecular flexibility index (Phi) is 5.14. The Morgan fingerprint density at radius 1 is 1.31 bits per heavy atom. The molecule has 0 spiro atoms. The quantitative estimate of drug-likeness (QED) is 0.797. The van der Waals surface area contributed by atoms with Crippen molar-refractivity contribution in [1.82, 2.24) is 19.6 Å². The highest BCUT2D eigenvalue weighted by atomic mass is 19.1. The molecule has 0 bridgehead atoms. The summed E-state index contributed by atoms with van der Waals surface area (Å²) in [6.45, 7) is 4.51. The number of benzene rings is 1. The van der Waals surface area contributed by atoms with Gasteiger partial charge in [0.2, 0.25) is 5.91 Å². The van der Waals surface area contributed by atoms with Crippen LogP contribution in [0.2, 0.25) is 0 Å². The van der Waals surface area contributed by atoms with Crippen molar-refractivity contribution in [2.75, 3.05) is 14.1 Å². The van der Waals surface area contributed by atoms with Gasteiger partial charge in [0.05, 0.1) is 5.69 Å². The maximum absolute atomic E-state index is 14.4. The monoisotopic (exact) mass is 358 g/mol. The highest BCUT2D eigenvalue weighted by molar-refractivity contribution is 5.84. The van der Waals surface area contributed by atoms with E-state index in [1.165, 1.54) is 6.07 Å². The largest absolute Gasteiger partial charge is 0.334 e. The Hall–Kier alpha value is -2.21. The summed E-state index contributed by atoms with van der Waals surface area (Å²) in [4.78, 5) is 17.1. The second-order valence-corrected chi connectivity index (χ2v) is 7.36. The molecule has 1 saturated carbocycles. The molecule has 6 heteroatoms. The first-order chi connectivity index (χ1) is 12.3. The van der Waals surface area contributed by atoms with Crippen molar-refractivity contribution in [3.05, 3.63) is 52.6 Å². The third kappa shape index (κ3) is 3.51. The molecule has 1 fully saturated rings.